The van der Waals surface area contributed by atoms with E-state index in [0.717, 1.165) is 25.7 Å². The standard InChI is InChI=1S/C10H20N2O3/c1-15-9(6-11)10(14)12-7-2-4-8(13)5-3-7/h7-9,13H,2-6,11H2,1H3,(H,12,14). The molecule has 15 heavy (non-hydrogen) atoms. The zero-order valence-corrected chi connectivity index (χ0v) is 9.11. The minimum Gasteiger partial charge on any atom is -0.393 e. The Morgan fingerprint density at radius 3 is 2.60 bits per heavy atom. The fourth-order valence-electron chi connectivity index (χ4n) is 1.82. The van der Waals surface area contributed by atoms with E-state index in [-0.39, 0.29) is 24.6 Å². The number of methoxy groups -OCH3 is 1. The highest BCUT2D eigenvalue weighted by atomic mass is 16.5. The van der Waals surface area contributed by atoms with Gasteiger partial charge in [0, 0.05) is 19.7 Å². The van der Waals surface area contributed by atoms with E-state index in [1.165, 1.54) is 7.11 Å². The number of nitrogens with two attached hydrogens (primary N) is 1. The summed E-state index contributed by atoms with van der Waals surface area (Å²) in [6.07, 6.45) is 2.40. The molecule has 1 aliphatic rings. The van der Waals surface area contributed by atoms with Gasteiger partial charge in [0.25, 0.3) is 5.91 Å². The van der Waals surface area contributed by atoms with E-state index < -0.39 is 6.10 Å². The molecule has 0 aromatic rings. The summed E-state index contributed by atoms with van der Waals surface area (Å²) in [5.41, 5.74) is 5.39. The minimum absolute atomic E-state index is 0.151. The van der Waals surface area contributed by atoms with Crippen LogP contribution in [0.2, 0.25) is 0 Å². The van der Waals surface area contributed by atoms with Gasteiger partial charge in [-0.05, 0) is 25.7 Å². The predicted octanol–water partition coefficient (Wildman–Crippen LogP) is -0.620. The highest BCUT2D eigenvalue weighted by Crippen LogP contribution is 2.18. The van der Waals surface area contributed by atoms with Crippen LogP contribution in [0.25, 0.3) is 0 Å². The number of aliphatic hydroxyl groups is 1. The number of nitrogens with one attached hydrogen (secondary N) is 1. The van der Waals surface area contributed by atoms with E-state index >= 15 is 0 Å². The van der Waals surface area contributed by atoms with Crippen molar-refractivity contribution in [2.45, 2.75) is 43.9 Å². The molecule has 0 radical (unpaired) electrons. The molecular weight excluding hydrogens is 196 g/mol. The van der Waals surface area contributed by atoms with Crippen LogP contribution < -0.4 is 11.1 Å². The Labute approximate surface area is 90.0 Å². The van der Waals surface area contributed by atoms with E-state index in [2.05, 4.69) is 5.32 Å². The Hall–Kier alpha value is -0.650. The van der Waals surface area contributed by atoms with Gasteiger partial charge in [-0.15, -0.1) is 0 Å². The van der Waals surface area contributed by atoms with Crippen molar-refractivity contribution in [3.8, 4) is 0 Å². The first-order valence-electron chi connectivity index (χ1n) is 5.38. The lowest BCUT2D eigenvalue weighted by molar-refractivity contribution is -0.131. The van der Waals surface area contributed by atoms with Crippen molar-refractivity contribution >= 4 is 5.91 Å². The molecular formula is C10H20N2O3. The highest BCUT2D eigenvalue weighted by Gasteiger charge is 2.23. The summed E-state index contributed by atoms with van der Waals surface area (Å²) in [5.74, 6) is -0.151. The number of hydrogen-bond acceptors (Lipinski definition) is 4. The average Bonchev–Trinajstić information content (AvgIpc) is 2.23. The zero-order valence-electron chi connectivity index (χ0n) is 9.11. The fourth-order valence-corrected chi connectivity index (χ4v) is 1.82. The second kappa shape index (κ2) is 6.05. The molecule has 1 unspecified atom stereocenters. The van der Waals surface area contributed by atoms with Crippen molar-refractivity contribution in [2.75, 3.05) is 13.7 Å². The zero-order chi connectivity index (χ0) is 11.3. The third kappa shape index (κ3) is 3.77. The Morgan fingerprint density at radius 2 is 2.13 bits per heavy atom. The molecule has 0 saturated heterocycles. The first-order valence-corrected chi connectivity index (χ1v) is 5.38. The number of hydrogen-bond donors (Lipinski definition) is 3. The van der Waals surface area contributed by atoms with Gasteiger partial charge in [-0.1, -0.05) is 0 Å². The van der Waals surface area contributed by atoms with Gasteiger partial charge >= 0.3 is 0 Å². The summed E-state index contributed by atoms with van der Waals surface area (Å²) in [5, 5.41) is 12.2. The molecule has 0 bridgehead atoms. The van der Waals surface area contributed by atoms with Crippen LogP contribution >= 0.6 is 0 Å². The quantitative estimate of drug-likeness (QED) is 0.584. The number of ether oxygens (including phenoxy) is 1. The van der Waals surface area contributed by atoms with Crippen molar-refractivity contribution in [1.82, 2.24) is 5.32 Å². The van der Waals surface area contributed by atoms with E-state index in [1.54, 1.807) is 0 Å². The van der Waals surface area contributed by atoms with Crippen LogP contribution in [0, 0.1) is 0 Å². The van der Waals surface area contributed by atoms with Crippen LogP contribution in [0.15, 0.2) is 0 Å². The van der Waals surface area contributed by atoms with Crippen molar-refractivity contribution in [1.29, 1.82) is 0 Å². The first kappa shape index (κ1) is 12.4. The lowest BCUT2D eigenvalue weighted by Gasteiger charge is -2.27. The van der Waals surface area contributed by atoms with Crippen molar-refractivity contribution in [3.05, 3.63) is 0 Å². The molecule has 5 heteroatoms. The van der Waals surface area contributed by atoms with Gasteiger partial charge in [0.05, 0.1) is 6.10 Å². The molecule has 0 aromatic carbocycles. The van der Waals surface area contributed by atoms with Gasteiger partial charge in [0.15, 0.2) is 0 Å². The molecule has 0 aromatic heterocycles. The number of aliphatic hydroxyl groups excluding tert-OH is 1. The Morgan fingerprint density at radius 1 is 1.53 bits per heavy atom. The average molecular weight is 216 g/mol. The van der Waals surface area contributed by atoms with E-state index in [0.29, 0.717) is 0 Å². The fraction of sp³-hybridized carbons (Fsp3) is 0.900. The lowest BCUT2D eigenvalue weighted by atomic mass is 9.93. The van der Waals surface area contributed by atoms with Crippen LogP contribution in [0.1, 0.15) is 25.7 Å². The summed E-state index contributed by atoms with van der Waals surface area (Å²) in [7, 11) is 1.47. The molecule has 4 N–H and O–H groups in total. The van der Waals surface area contributed by atoms with Gasteiger partial charge in [-0.3, -0.25) is 4.79 Å². The van der Waals surface area contributed by atoms with Crippen LogP contribution in [0.4, 0.5) is 0 Å². The molecule has 1 aliphatic carbocycles. The van der Waals surface area contributed by atoms with E-state index in [1.807, 2.05) is 0 Å². The van der Waals surface area contributed by atoms with E-state index in [4.69, 9.17) is 10.5 Å². The SMILES string of the molecule is COC(CN)C(=O)NC1CCC(O)CC1. The molecule has 1 fully saturated rings. The predicted molar refractivity (Wildman–Crippen MR) is 56.3 cm³/mol. The summed E-state index contributed by atoms with van der Waals surface area (Å²) in [4.78, 5) is 11.6. The monoisotopic (exact) mass is 216 g/mol. The van der Waals surface area contributed by atoms with Crippen molar-refractivity contribution < 1.29 is 14.6 Å². The first-order chi connectivity index (χ1) is 7.17. The van der Waals surface area contributed by atoms with E-state index in [9.17, 15) is 9.90 Å². The van der Waals surface area contributed by atoms with Gasteiger partial charge in [0.2, 0.25) is 0 Å². The molecule has 0 heterocycles. The normalized spacial score (nSPS) is 28.5. The van der Waals surface area contributed by atoms with Gasteiger partial charge < -0.3 is 20.9 Å². The van der Waals surface area contributed by atoms with Crippen molar-refractivity contribution in [3.63, 3.8) is 0 Å². The topological polar surface area (TPSA) is 84.6 Å². The Bertz CT molecular complexity index is 199. The molecule has 1 saturated carbocycles. The Balaban J connectivity index is 2.31. The van der Waals surface area contributed by atoms with Crippen LogP contribution in [0.5, 0.6) is 0 Å². The number of carbonyl (C=O) groups excluding carboxylic acids is 1. The van der Waals surface area contributed by atoms with Crippen LogP contribution in [-0.4, -0.2) is 42.9 Å². The third-order valence-corrected chi connectivity index (χ3v) is 2.83. The summed E-state index contributed by atoms with van der Waals surface area (Å²) < 4.78 is 4.94. The van der Waals surface area contributed by atoms with Crippen LogP contribution in [0.3, 0.4) is 0 Å². The summed E-state index contributed by atoms with van der Waals surface area (Å²) in [6.45, 7) is 0.192. The molecule has 1 amide bonds. The molecule has 0 spiro atoms. The lowest BCUT2D eigenvalue weighted by Crippen LogP contribution is -2.46. The molecule has 1 rings (SSSR count). The molecule has 5 nitrogen and oxygen atoms in total. The maximum atomic E-state index is 11.6. The summed E-state index contributed by atoms with van der Waals surface area (Å²) in [6, 6.07) is 0.157. The molecule has 0 aliphatic heterocycles. The second-order valence-corrected chi connectivity index (χ2v) is 3.97. The highest BCUT2D eigenvalue weighted by molar-refractivity contribution is 5.81. The smallest absolute Gasteiger partial charge is 0.250 e. The van der Waals surface area contributed by atoms with Gasteiger partial charge in [-0.25, -0.2) is 0 Å². The minimum atomic E-state index is -0.558. The summed E-state index contributed by atoms with van der Waals surface area (Å²) >= 11 is 0. The van der Waals surface area contributed by atoms with Gasteiger partial charge in [0.1, 0.15) is 6.10 Å². The van der Waals surface area contributed by atoms with Gasteiger partial charge in [-0.2, -0.15) is 0 Å². The maximum absolute atomic E-state index is 11.6. The number of amides is 1. The number of carbonyl (C=O) groups is 1. The molecule has 1 atom stereocenters. The van der Waals surface area contributed by atoms with Crippen LogP contribution in [-0.2, 0) is 9.53 Å². The maximum Gasteiger partial charge on any atom is 0.250 e. The third-order valence-electron chi connectivity index (χ3n) is 2.83. The largest absolute Gasteiger partial charge is 0.393 e. The number of rotatable bonds is 4. The molecule has 88 valence electrons. The van der Waals surface area contributed by atoms with Crippen molar-refractivity contribution in [2.24, 2.45) is 5.73 Å². The second-order valence-electron chi connectivity index (χ2n) is 3.97. The Kier molecular flexibility index (Phi) is 5.01.